The molecule has 0 bridgehead atoms. The van der Waals surface area contributed by atoms with Gasteiger partial charge in [0.2, 0.25) is 0 Å². The average Bonchev–Trinajstić information content (AvgIpc) is 3.11. The Hall–Kier alpha value is -2.08. The van der Waals surface area contributed by atoms with Gasteiger partial charge < -0.3 is 15.0 Å². The summed E-state index contributed by atoms with van der Waals surface area (Å²) < 4.78 is 6.10. The summed E-state index contributed by atoms with van der Waals surface area (Å²) in [5.41, 5.74) is 1.12. The fraction of sp³-hybridized carbons (Fsp3) is 0.524. The van der Waals surface area contributed by atoms with E-state index >= 15 is 0 Å². The van der Waals surface area contributed by atoms with Gasteiger partial charge in [0.1, 0.15) is 11.9 Å². The van der Waals surface area contributed by atoms with Gasteiger partial charge in [-0.05, 0) is 32.4 Å². The number of benzene rings is 1. The predicted molar refractivity (Wildman–Crippen MR) is 113 cm³/mol. The van der Waals surface area contributed by atoms with Crippen LogP contribution in [-0.4, -0.2) is 48.1 Å². The molecule has 1 saturated heterocycles. The van der Waals surface area contributed by atoms with Gasteiger partial charge in [-0.3, -0.25) is 4.99 Å². The molecule has 1 aliphatic heterocycles. The highest BCUT2D eigenvalue weighted by Gasteiger charge is 2.22. The van der Waals surface area contributed by atoms with Crippen molar-refractivity contribution in [1.29, 1.82) is 0 Å². The number of thiazole rings is 1. The molecule has 146 valence electrons. The summed E-state index contributed by atoms with van der Waals surface area (Å²) in [5.74, 6) is 2.00. The third-order valence-corrected chi connectivity index (χ3v) is 5.63. The van der Waals surface area contributed by atoms with E-state index in [2.05, 4.69) is 27.5 Å². The van der Waals surface area contributed by atoms with Crippen molar-refractivity contribution in [3.8, 4) is 5.75 Å². The second-order valence-electron chi connectivity index (χ2n) is 6.84. The summed E-state index contributed by atoms with van der Waals surface area (Å²) in [7, 11) is 0. The number of rotatable bonds is 7. The van der Waals surface area contributed by atoms with Gasteiger partial charge in [-0.2, -0.15) is 0 Å². The smallest absolute Gasteiger partial charge is 0.193 e. The van der Waals surface area contributed by atoms with E-state index in [9.17, 15) is 0 Å². The molecule has 1 N–H and O–H groups in total. The molecular weight excluding hydrogens is 356 g/mol. The number of para-hydroxylation sites is 1. The number of aryl methyl sites for hydroxylation is 2. The number of aliphatic imine (C=N–C) groups is 1. The second kappa shape index (κ2) is 10.3. The molecule has 1 fully saturated rings. The van der Waals surface area contributed by atoms with Crippen molar-refractivity contribution in [2.75, 3.05) is 26.2 Å². The summed E-state index contributed by atoms with van der Waals surface area (Å²) in [6.45, 7) is 7.86. The molecule has 5 nitrogen and oxygen atoms in total. The lowest BCUT2D eigenvalue weighted by Gasteiger charge is -2.34. The zero-order valence-corrected chi connectivity index (χ0v) is 17.2. The maximum atomic E-state index is 6.10. The lowest BCUT2D eigenvalue weighted by Crippen LogP contribution is -2.47. The minimum absolute atomic E-state index is 0.291. The van der Waals surface area contributed by atoms with E-state index in [1.807, 2.05) is 37.3 Å². The molecule has 0 saturated carbocycles. The molecular formula is C21H30N4OS. The molecule has 3 rings (SSSR count). The summed E-state index contributed by atoms with van der Waals surface area (Å²) >= 11 is 1.75. The lowest BCUT2D eigenvalue weighted by molar-refractivity contribution is 0.129. The molecule has 0 aliphatic carbocycles. The van der Waals surface area contributed by atoms with Gasteiger partial charge in [0.05, 0.1) is 5.01 Å². The SMILES string of the molecule is CCNC(=NCCCc1nc(C)cs1)N1CCC(Oc2ccccc2)CC1. The monoisotopic (exact) mass is 386 g/mol. The number of likely N-dealkylation sites (tertiary alicyclic amines) is 1. The molecule has 2 aromatic rings. The van der Waals surface area contributed by atoms with Crippen molar-refractivity contribution in [1.82, 2.24) is 15.2 Å². The number of hydrogen-bond donors (Lipinski definition) is 1. The molecule has 0 unspecified atom stereocenters. The van der Waals surface area contributed by atoms with Gasteiger partial charge in [-0.15, -0.1) is 11.3 Å². The highest BCUT2D eigenvalue weighted by atomic mass is 32.1. The number of aromatic nitrogens is 1. The Morgan fingerprint density at radius 2 is 2.07 bits per heavy atom. The van der Waals surface area contributed by atoms with Crippen molar-refractivity contribution in [3.05, 3.63) is 46.4 Å². The number of hydrogen-bond acceptors (Lipinski definition) is 4. The second-order valence-corrected chi connectivity index (χ2v) is 7.78. The molecule has 0 atom stereocenters. The van der Waals surface area contributed by atoms with Crippen molar-refractivity contribution in [2.45, 2.75) is 45.6 Å². The largest absolute Gasteiger partial charge is 0.490 e. The van der Waals surface area contributed by atoms with E-state index in [4.69, 9.17) is 9.73 Å². The van der Waals surface area contributed by atoms with Gasteiger partial charge >= 0.3 is 0 Å². The maximum absolute atomic E-state index is 6.10. The van der Waals surface area contributed by atoms with Crippen LogP contribution in [0.25, 0.3) is 0 Å². The normalized spacial score (nSPS) is 15.8. The van der Waals surface area contributed by atoms with Crippen LogP contribution in [0.3, 0.4) is 0 Å². The molecule has 1 aromatic heterocycles. The molecule has 1 aliphatic rings. The fourth-order valence-electron chi connectivity index (χ4n) is 3.24. The topological polar surface area (TPSA) is 49.8 Å². The minimum Gasteiger partial charge on any atom is -0.490 e. The Bertz CT molecular complexity index is 708. The molecule has 6 heteroatoms. The van der Waals surface area contributed by atoms with E-state index in [-0.39, 0.29) is 0 Å². The van der Waals surface area contributed by atoms with Crippen molar-refractivity contribution in [2.24, 2.45) is 4.99 Å². The highest BCUT2D eigenvalue weighted by Crippen LogP contribution is 2.18. The van der Waals surface area contributed by atoms with Gasteiger partial charge in [0, 0.05) is 56.5 Å². The van der Waals surface area contributed by atoms with Crippen LogP contribution >= 0.6 is 11.3 Å². The van der Waals surface area contributed by atoms with E-state index in [0.29, 0.717) is 6.10 Å². The third-order valence-electron chi connectivity index (χ3n) is 4.60. The minimum atomic E-state index is 0.291. The molecule has 0 amide bonds. The first-order chi connectivity index (χ1) is 13.2. The first-order valence-electron chi connectivity index (χ1n) is 9.90. The standard InChI is InChI=1S/C21H30N4OS/c1-3-22-21(23-13-7-10-20-24-17(2)16-27-20)25-14-11-19(12-15-25)26-18-8-5-4-6-9-18/h4-6,8-9,16,19H,3,7,10-15H2,1-2H3,(H,22,23). The van der Waals surface area contributed by atoms with Crippen LogP contribution in [0, 0.1) is 6.92 Å². The first-order valence-corrected chi connectivity index (χ1v) is 10.8. The summed E-state index contributed by atoms with van der Waals surface area (Å²) in [4.78, 5) is 11.7. The number of piperidine rings is 1. The van der Waals surface area contributed by atoms with E-state index in [1.54, 1.807) is 11.3 Å². The van der Waals surface area contributed by atoms with Crippen LogP contribution in [0.2, 0.25) is 0 Å². The number of nitrogens with one attached hydrogen (secondary N) is 1. The van der Waals surface area contributed by atoms with Crippen LogP contribution in [0.4, 0.5) is 0 Å². The van der Waals surface area contributed by atoms with Crippen molar-refractivity contribution >= 4 is 17.3 Å². The van der Waals surface area contributed by atoms with Crippen LogP contribution in [0.5, 0.6) is 5.75 Å². The van der Waals surface area contributed by atoms with Gasteiger partial charge in [-0.25, -0.2) is 4.98 Å². The zero-order valence-electron chi connectivity index (χ0n) is 16.4. The number of guanidine groups is 1. The Kier molecular flexibility index (Phi) is 7.51. The first kappa shape index (κ1) is 19.7. The number of ether oxygens (including phenoxy) is 1. The molecule has 0 spiro atoms. The van der Waals surface area contributed by atoms with Gasteiger partial charge in [0.15, 0.2) is 5.96 Å². The molecule has 0 radical (unpaired) electrons. The van der Waals surface area contributed by atoms with E-state index in [1.165, 1.54) is 5.01 Å². The van der Waals surface area contributed by atoms with Crippen LogP contribution < -0.4 is 10.1 Å². The van der Waals surface area contributed by atoms with Crippen LogP contribution in [0.1, 0.15) is 36.9 Å². The summed E-state index contributed by atoms with van der Waals surface area (Å²) in [6, 6.07) is 10.1. The van der Waals surface area contributed by atoms with Gasteiger partial charge in [-0.1, -0.05) is 18.2 Å². The number of nitrogens with zero attached hydrogens (tertiary/aromatic N) is 3. The molecule has 2 heterocycles. The van der Waals surface area contributed by atoms with Crippen molar-refractivity contribution < 1.29 is 4.74 Å². The predicted octanol–water partition coefficient (Wildman–Crippen LogP) is 3.89. The zero-order chi connectivity index (χ0) is 18.9. The molecule has 27 heavy (non-hydrogen) atoms. The van der Waals surface area contributed by atoms with Gasteiger partial charge in [0.25, 0.3) is 0 Å². The lowest BCUT2D eigenvalue weighted by atomic mass is 10.1. The Morgan fingerprint density at radius 3 is 2.74 bits per heavy atom. The van der Waals surface area contributed by atoms with Crippen LogP contribution in [0.15, 0.2) is 40.7 Å². The Labute approximate surface area is 166 Å². The van der Waals surface area contributed by atoms with E-state index < -0.39 is 0 Å². The third kappa shape index (κ3) is 6.24. The summed E-state index contributed by atoms with van der Waals surface area (Å²) in [5, 5.41) is 6.77. The molecule has 1 aromatic carbocycles. The van der Waals surface area contributed by atoms with Crippen molar-refractivity contribution in [3.63, 3.8) is 0 Å². The Balaban J connectivity index is 1.45. The van der Waals surface area contributed by atoms with Crippen LogP contribution in [-0.2, 0) is 6.42 Å². The average molecular weight is 387 g/mol. The Morgan fingerprint density at radius 1 is 1.30 bits per heavy atom. The van der Waals surface area contributed by atoms with E-state index in [0.717, 1.165) is 69.3 Å². The fourth-order valence-corrected chi connectivity index (χ4v) is 4.05. The maximum Gasteiger partial charge on any atom is 0.193 e. The summed E-state index contributed by atoms with van der Waals surface area (Å²) in [6.07, 6.45) is 4.39. The quantitative estimate of drug-likeness (QED) is 0.445. The highest BCUT2D eigenvalue weighted by molar-refractivity contribution is 7.09.